The predicted octanol–water partition coefficient (Wildman–Crippen LogP) is 3.35. The van der Waals surface area contributed by atoms with Crippen LogP contribution in [0.25, 0.3) is 0 Å². The SMILES string of the molecule is CC(C)(C)[Si](OCC[C@H]1CO1)(c1ccccc1)c1ccccc1. The fourth-order valence-corrected chi connectivity index (χ4v) is 7.92. The molecule has 23 heavy (non-hydrogen) atoms. The summed E-state index contributed by atoms with van der Waals surface area (Å²) in [7, 11) is -2.34. The van der Waals surface area contributed by atoms with Crippen LogP contribution in [0.1, 0.15) is 27.2 Å². The lowest BCUT2D eigenvalue weighted by molar-refractivity contribution is 0.269. The molecule has 1 aliphatic heterocycles. The minimum Gasteiger partial charge on any atom is -0.407 e. The summed E-state index contributed by atoms with van der Waals surface area (Å²) in [5.41, 5.74) is 0. The van der Waals surface area contributed by atoms with Crippen molar-refractivity contribution in [2.45, 2.75) is 38.3 Å². The summed E-state index contributed by atoms with van der Waals surface area (Å²) in [6, 6.07) is 21.6. The molecule has 2 nitrogen and oxygen atoms in total. The van der Waals surface area contributed by atoms with Crippen molar-refractivity contribution in [3.63, 3.8) is 0 Å². The van der Waals surface area contributed by atoms with Crippen molar-refractivity contribution in [1.82, 2.24) is 0 Å². The smallest absolute Gasteiger partial charge is 0.261 e. The maximum Gasteiger partial charge on any atom is 0.261 e. The van der Waals surface area contributed by atoms with Crippen LogP contribution in [0.4, 0.5) is 0 Å². The van der Waals surface area contributed by atoms with Gasteiger partial charge in [0.25, 0.3) is 8.32 Å². The molecule has 122 valence electrons. The third-order valence-corrected chi connectivity index (χ3v) is 9.62. The van der Waals surface area contributed by atoms with E-state index in [0.717, 1.165) is 19.6 Å². The number of benzene rings is 2. The Morgan fingerprint density at radius 1 is 0.957 bits per heavy atom. The number of hydrogen-bond acceptors (Lipinski definition) is 2. The maximum atomic E-state index is 6.78. The molecule has 0 amide bonds. The fourth-order valence-electron chi connectivity index (χ4n) is 3.34. The molecule has 0 N–H and O–H groups in total. The van der Waals surface area contributed by atoms with Crippen LogP contribution in [0, 0.1) is 0 Å². The molecule has 0 radical (unpaired) electrons. The van der Waals surface area contributed by atoms with Gasteiger partial charge in [-0.2, -0.15) is 0 Å². The minimum absolute atomic E-state index is 0.0557. The molecule has 1 fully saturated rings. The van der Waals surface area contributed by atoms with Gasteiger partial charge < -0.3 is 9.16 Å². The monoisotopic (exact) mass is 326 g/mol. The van der Waals surface area contributed by atoms with Crippen LogP contribution in [0.15, 0.2) is 60.7 Å². The molecule has 2 aromatic rings. The normalized spacial score (nSPS) is 18.0. The lowest BCUT2D eigenvalue weighted by Gasteiger charge is -2.43. The van der Waals surface area contributed by atoms with Crippen molar-refractivity contribution in [2.75, 3.05) is 13.2 Å². The topological polar surface area (TPSA) is 21.8 Å². The van der Waals surface area contributed by atoms with Gasteiger partial charge in [0.1, 0.15) is 0 Å². The van der Waals surface area contributed by atoms with Gasteiger partial charge >= 0.3 is 0 Å². The first-order valence-electron chi connectivity index (χ1n) is 8.41. The van der Waals surface area contributed by atoms with E-state index in [1.54, 1.807) is 0 Å². The number of rotatable bonds is 6. The molecule has 3 heteroatoms. The molecule has 0 bridgehead atoms. The average molecular weight is 327 g/mol. The highest BCUT2D eigenvalue weighted by atomic mass is 28.4. The zero-order valence-corrected chi connectivity index (χ0v) is 15.3. The van der Waals surface area contributed by atoms with E-state index in [2.05, 4.69) is 81.4 Å². The first kappa shape index (κ1) is 16.4. The van der Waals surface area contributed by atoms with Crippen LogP contribution >= 0.6 is 0 Å². The molecule has 0 unspecified atom stereocenters. The van der Waals surface area contributed by atoms with Gasteiger partial charge in [0, 0.05) is 6.61 Å². The highest BCUT2D eigenvalue weighted by Gasteiger charge is 2.50. The average Bonchev–Trinajstić information content (AvgIpc) is 3.36. The van der Waals surface area contributed by atoms with Gasteiger partial charge in [0.15, 0.2) is 0 Å². The molecule has 1 atom stereocenters. The standard InChI is InChI=1S/C20H26O2Si/c1-20(2,3)23(18-10-6-4-7-11-18,19-12-8-5-9-13-19)22-15-14-17-16-21-17/h4-13,17H,14-16H2,1-3H3/t17-/m0/s1. The Balaban J connectivity index is 2.04. The Labute approximate surface area is 140 Å². The van der Waals surface area contributed by atoms with Crippen molar-refractivity contribution < 1.29 is 9.16 Å². The van der Waals surface area contributed by atoms with Crippen molar-refractivity contribution in [1.29, 1.82) is 0 Å². The van der Waals surface area contributed by atoms with Gasteiger partial charge in [0.2, 0.25) is 0 Å². The molecule has 3 rings (SSSR count). The van der Waals surface area contributed by atoms with Gasteiger partial charge in [0.05, 0.1) is 12.7 Å². The first-order chi connectivity index (χ1) is 11.0. The molecular weight excluding hydrogens is 300 g/mol. The Morgan fingerprint density at radius 2 is 1.43 bits per heavy atom. The van der Waals surface area contributed by atoms with Crippen molar-refractivity contribution in [3.05, 3.63) is 60.7 Å². The molecule has 0 spiro atoms. The van der Waals surface area contributed by atoms with Crippen LogP contribution in [-0.4, -0.2) is 27.6 Å². The van der Waals surface area contributed by atoms with Crippen molar-refractivity contribution in [2.24, 2.45) is 0 Å². The molecule has 0 aromatic heterocycles. The van der Waals surface area contributed by atoms with Gasteiger partial charge in [-0.05, 0) is 21.8 Å². The molecule has 1 saturated heterocycles. The van der Waals surface area contributed by atoms with E-state index in [-0.39, 0.29) is 5.04 Å². The van der Waals surface area contributed by atoms with Gasteiger partial charge in [-0.3, -0.25) is 0 Å². The molecular formula is C20H26O2Si. The number of epoxide rings is 1. The van der Waals surface area contributed by atoms with E-state index in [1.807, 2.05) is 0 Å². The Bertz CT molecular complexity index is 576. The summed E-state index contributed by atoms with van der Waals surface area (Å²) >= 11 is 0. The van der Waals surface area contributed by atoms with E-state index >= 15 is 0 Å². The summed E-state index contributed by atoms with van der Waals surface area (Å²) in [6.45, 7) is 8.59. The van der Waals surface area contributed by atoms with Crippen LogP contribution in [0.2, 0.25) is 5.04 Å². The maximum absolute atomic E-state index is 6.78. The fraction of sp³-hybridized carbons (Fsp3) is 0.400. The van der Waals surface area contributed by atoms with Gasteiger partial charge in [-0.15, -0.1) is 0 Å². The van der Waals surface area contributed by atoms with Gasteiger partial charge in [-0.25, -0.2) is 0 Å². The van der Waals surface area contributed by atoms with E-state index < -0.39 is 8.32 Å². The van der Waals surface area contributed by atoms with E-state index in [0.29, 0.717) is 6.10 Å². The zero-order chi connectivity index (χ0) is 16.3. The lowest BCUT2D eigenvalue weighted by atomic mass is 10.2. The first-order valence-corrected chi connectivity index (χ1v) is 10.3. The predicted molar refractivity (Wildman–Crippen MR) is 97.9 cm³/mol. The molecule has 2 aromatic carbocycles. The van der Waals surface area contributed by atoms with Crippen molar-refractivity contribution in [3.8, 4) is 0 Å². The molecule has 0 aliphatic carbocycles. The third kappa shape index (κ3) is 3.42. The van der Waals surface area contributed by atoms with Crippen LogP contribution in [-0.2, 0) is 9.16 Å². The second kappa shape index (κ2) is 6.60. The highest BCUT2D eigenvalue weighted by Crippen LogP contribution is 2.37. The van der Waals surface area contributed by atoms with E-state index in [9.17, 15) is 0 Å². The number of ether oxygens (including phenoxy) is 1. The second-order valence-electron chi connectivity index (χ2n) is 7.26. The summed E-state index contributed by atoms with van der Waals surface area (Å²) in [4.78, 5) is 0. The summed E-state index contributed by atoms with van der Waals surface area (Å²) in [5.74, 6) is 0. The number of hydrogen-bond donors (Lipinski definition) is 0. The summed E-state index contributed by atoms with van der Waals surface area (Å²) in [5, 5.41) is 2.74. The molecule has 1 aliphatic rings. The lowest BCUT2D eigenvalue weighted by Crippen LogP contribution is -2.66. The van der Waals surface area contributed by atoms with Gasteiger partial charge in [-0.1, -0.05) is 81.4 Å². The van der Waals surface area contributed by atoms with Crippen LogP contribution in [0.3, 0.4) is 0 Å². The Hall–Kier alpha value is -1.42. The third-order valence-electron chi connectivity index (χ3n) is 4.58. The summed E-state index contributed by atoms with van der Waals surface area (Å²) in [6.07, 6.45) is 1.40. The molecule has 1 heterocycles. The molecule has 0 saturated carbocycles. The van der Waals surface area contributed by atoms with Crippen LogP contribution < -0.4 is 10.4 Å². The quantitative estimate of drug-likeness (QED) is 0.600. The highest BCUT2D eigenvalue weighted by molar-refractivity contribution is 6.99. The Kier molecular flexibility index (Phi) is 4.71. The zero-order valence-electron chi connectivity index (χ0n) is 14.3. The van der Waals surface area contributed by atoms with E-state index in [4.69, 9.17) is 9.16 Å². The minimum atomic E-state index is -2.34. The second-order valence-corrected chi connectivity index (χ2v) is 11.6. The van der Waals surface area contributed by atoms with Crippen molar-refractivity contribution >= 4 is 18.7 Å². The van der Waals surface area contributed by atoms with Crippen LogP contribution in [0.5, 0.6) is 0 Å². The largest absolute Gasteiger partial charge is 0.407 e. The van der Waals surface area contributed by atoms with E-state index in [1.165, 1.54) is 10.4 Å². The summed E-state index contributed by atoms with van der Waals surface area (Å²) < 4.78 is 12.1. The Morgan fingerprint density at radius 3 is 1.83 bits per heavy atom.